The van der Waals surface area contributed by atoms with Gasteiger partial charge in [0, 0.05) is 44.8 Å². The van der Waals surface area contributed by atoms with E-state index in [1.807, 2.05) is 0 Å². The van der Waals surface area contributed by atoms with Crippen LogP contribution in [-0.2, 0) is 0 Å². The number of nitrogens with zero attached hydrogens (tertiary/aromatic N) is 3. The minimum atomic E-state index is 0.332. The number of rotatable bonds is 6. The number of aliphatic imine (C=N–C) groups is 1. The molecule has 5 heteroatoms. The van der Waals surface area contributed by atoms with Crippen molar-refractivity contribution in [3.63, 3.8) is 0 Å². The molecule has 0 bridgehead atoms. The van der Waals surface area contributed by atoms with E-state index >= 15 is 0 Å². The van der Waals surface area contributed by atoms with Crippen LogP contribution in [0.25, 0.3) is 0 Å². The molecular formula is C18H31N5. The van der Waals surface area contributed by atoms with Crippen LogP contribution in [0.4, 0.5) is 0 Å². The molecule has 1 aromatic carbocycles. The smallest absolute Gasteiger partial charge is 0.188 e. The Morgan fingerprint density at radius 1 is 1.30 bits per heavy atom. The largest absolute Gasteiger partial charge is 0.370 e. The van der Waals surface area contributed by atoms with Crippen molar-refractivity contribution in [3.8, 4) is 0 Å². The maximum Gasteiger partial charge on any atom is 0.188 e. The first-order chi connectivity index (χ1) is 11.1. The summed E-state index contributed by atoms with van der Waals surface area (Å²) >= 11 is 0. The van der Waals surface area contributed by atoms with E-state index in [0.29, 0.717) is 18.0 Å². The highest BCUT2D eigenvalue weighted by molar-refractivity contribution is 5.77. The van der Waals surface area contributed by atoms with Crippen molar-refractivity contribution in [1.82, 2.24) is 15.1 Å². The maximum atomic E-state index is 5.85. The Hall–Kier alpha value is -1.59. The molecule has 1 saturated heterocycles. The van der Waals surface area contributed by atoms with Crippen LogP contribution in [-0.4, -0.2) is 61.6 Å². The average molecular weight is 317 g/mol. The van der Waals surface area contributed by atoms with Crippen LogP contribution in [0.3, 0.4) is 0 Å². The Balaban J connectivity index is 1.87. The number of guanidine groups is 1. The number of nitrogens with one attached hydrogen (secondary N) is 1. The van der Waals surface area contributed by atoms with E-state index in [1.165, 1.54) is 5.56 Å². The van der Waals surface area contributed by atoms with Crippen molar-refractivity contribution in [2.45, 2.75) is 32.4 Å². The molecule has 0 aliphatic carbocycles. The van der Waals surface area contributed by atoms with Crippen molar-refractivity contribution in [1.29, 1.82) is 0 Å². The Morgan fingerprint density at radius 2 is 2.04 bits per heavy atom. The van der Waals surface area contributed by atoms with Gasteiger partial charge in [-0.3, -0.25) is 9.89 Å². The molecule has 5 nitrogen and oxygen atoms in total. The Labute approximate surface area is 140 Å². The summed E-state index contributed by atoms with van der Waals surface area (Å²) in [6.45, 7) is 9.30. The molecule has 0 amide bonds. The van der Waals surface area contributed by atoms with Crippen molar-refractivity contribution < 1.29 is 0 Å². The summed E-state index contributed by atoms with van der Waals surface area (Å²) in [7, 11) is 2.20. The van der Waals surface area contributed by atoms with Crippen LogP contribution in [0.15, 0.2) is 35.3 Å². The summed E-state index contributed by atoms with van der Waals surface area (Å²) in [5.74, 6) is 0.554. The summed E-state index contributed by atoms with van der Waals surface area (Å²) in [5.41, 5.74) is 7.26. The minimum absolute atomic E-state index is 0.332. The van der Waals surface area contributed by atoms with Gasteiger partial charge in [-0.2, -0.15) is 0 Å². The van der Waals surface area contributed by atoms with E-state index in [4.69, 9.17) is 5.73 Å². The van der Waals surface area contributed by atoms with Gasteiger partial charge in [-0.1, -0.05) is 30.3 Å². The number of hydrogen-bond acceptors (Lipinski definition) is 3. The van der Waals surface area contributed by atoms with Crippen LogP contribution < -0.4 is 11.1 Å². The van der Waals surface area contributed by atoms with E-state index in [1.54, 1.807) is 0 Å². The third-order valence-electron chi connectivity index (χ3n) is 4.20. The van der Waals surface area contributed by atoms with E-state index < -0.39 is 0 Å². The molecule has 1 aliphatic rings. The van der Waals surface area contributed by atoms with Gasteiger partial charge in [0.15, 0.2) is 5.96 Å². The Morgan fingerprint density at radius 3 is 2.74 bits per heavy atom. The standard InChI is InChI=1S/C18H31N5/c1-15(2)21-18(19)20-10-7-11-23-13-12-22(3)14-17(23)16-8-5-4-6-9-16/h4-6,8-9,15,17H,7,10-14H2,1-3H3,(H3,19,20,21). The summed E-state index contributed by atoms with van der Waals surface area (Å²) in [6, 6.07) is 11.6. The molecule has 1 aromatic rings. The van der Waals surface area contributed by atoms with Crippen molar-refractivity contribution in [2.75, 3.05) is 39.8 Å². The minimum Gasteiger partial charge on any atom is -0.370 e. The molecule has 1 unspecified atom stereocenters. The molecule has 0 spiro atoms. The number of hydrogen-bond donors (Lipinski definition) is 2. The van der Waals surface area contributed by atoms with Gasteiger partial charge in [-0.05, 0) is 32.9 Å². The highest BCUT2D eigenvalue weighted by Crippen LogP contribution is 2.24. The molecule has 1 heterocycles. The zero-order chi connectivity index (χ0) is 16.7. The van der Waals surface area contributed by atoms with Gasteiger partial charge < -0.3 is 16.0 Å². The first kappa shape index (κ1) is 17.8. The lowest BCUT2D eigenvalue weighted by molar-refractivity contribution is 0.0894. The first-order valence-corrected chi connectivity index (χ1v) is 8.60. The van der Waals surface area contributed by atoms with Gasteiger partial charge in [0.25, 0.3) is 0 Å². The summed E-state index contributed by atoms with van der Waals surface area (Å²) in [4.78, 5) is 9.40. The molecule has 0 aromatic heterocycles. The third-order valence-corrected chi connectivity index (χ3v) is 4.20. The van der Waals surface area contributed by atoms with Crippen LogP contribution in [0, 0.1) is 0 Å². The molecule has 0 saturated carbocycles. The Kier molecular flexibility index (Phi) is 6.86. The van der Waals surface area contributed by atoms with Crippen LogP contribution in [0.1, 0.15) is 31.9 Å². The highest BCUT2D eigenvalue weighted by Gasteiger charge is 2.25. The van der Waals surface area contributed by atoms with Crippen LogP contribution in [0.2, 0.25) is 0 Å². The average Bonchev–Trinajstić information content (AvgIpc) is 2.53. The van der Waals surface area contributed by atoms with Gasteiger partial charge in [-0.15, -0.1) is 0 Å². The van der Waals surface area contributed by atoms with Gasteiger partial charge in [-0.25, -0.2) is 0 Å². The number of benzene rings is 1. The maximum absolute atomic E-state index is 5.85. The van der Waals surface area contributed by atoms with Crippen molar-refractivity contribution >= 4 is 5.96 Å². The molecule has 23 heavy (non-hydrogen) atoms. The van der Waals surface area contributed by atoms with Crippen LogP contribution in [0.5, 0.6) is 0 Å². The summed E-state index contributed by atoms with van der Waals surface area (Å²) in [5, 5.41) is 3.13. The van der Waals surface area contributed by atoms with E-state index in [2.05, 4.69) is 71.3 Å². The van der Waals surface area contributed by atoms with E-state index in [9.17, 15) is 0 Å². The molecule has 1 fully saturated rings. The van der Waals surface area contributed by atoms with Crippen molar-refractivity contribution in [2.24, 2.45) is 10.7 Å². The molecular weight excluding hydrogens is 286 g/mol. The molecule has 3 N–H and O–H groups in total. The fourth-order valence-corrected chi connectivity index (χ4v) is 3.03. The predicted octanol–water partition coefficient (Wildman–Crippen LogP) is 1.68. The molecule has 2 rings (SSSR count). The molecule has 1 aliphatic heterocycles. The number of nitrogens with two attached hydrogens (primary N) is 1. The highest BCUT2D eigenvalue weighted by atomic mass is 15.3. The summed E-state index contributed by atoms with van der Waals surface area (Å²) < 4.78 is 0. The normalized spacial score (nSPS) is 20.9. The zero-order valence-corrected chi connectivity index (χ0v) is 14.7. The molecule has 0 radical (unpaired) electrons. The third kappa shape index (κ3) is 5.84. The SMILES string of the molecule is CC(C)NC(N)=NCCCN1CCN(C)CC1c1ccccc1. The Bertz CT molecular complexity index is 485. The van der Waals surface area contributed by atoms with Gasteiger partial charge in [0.2, 0.25) is 0 Å². The lowest BCUT2D eigenvalue weighted by atomic mass is 10.0. The lowest BCUT2D eigenvalue weighted by Crippen LogP contribution is -2.47. The van der Waals surface area contributed by atoms with Gasteiger partial charge >= 0.3 is 0 Å². The predicted molar refractivity (Wildman–Crippen MR) is 97.6 cm³/mol. The monoisotopic (exact) mass is 317 g/mol. The topological polar surface area (TPSA) is 56.9 Å². The van der Waals surface area contributed by atoms with E-state index in [-0.39, 0.29) is 0 Å². The lowest BCUT2D eigenvalue weighted by Gasteiger charge is -2.40. The van der Waals surface area contributed by atoms with Crippen molar-refractivity contribution in [3.05, 3.63) is 35.9 Å². The molecule has 1 atom stereocenters. The molecule has 128 valence electrons. The number of likely N-dealkylation sites (N-methyl/N-ethyl adjacent to an activating group) is 1. The fraction of sp³-hybridized carbons (Fsp3) is 0.611. The quantitative estimate of drug-likeness (QED) is 0.476. The first-order valence-electron chi connectivity index (χ1n) is 8.60. The summed E-state index contributed by atoms with van der Waals surface area (Å²) in [6.07, 6.45) is 1.04. The second-order valence-corrected chi connectivity index (χ2v) is 6.64. The van der Waals surface area contributed by atoms with Gasteiger partial charge in [0.05, 0.1) is 0 Å². The zero-order valence-electron chi connectivity index (χ0n) is 14.7. The van der Waals surface area contributed by atoms with Crippen LogP contribution >= 0.6 is 0 Å². The fourth-order valence-electron chi connectivity index (χ4n) is 3.03. The number of piperazine rings is 1. The van der Waals surface area contributed by atoms with E-state index in [0.717, 1.165) is 39.1 Å². The second kappa shape index (κ2) is 8.89. The van der Waals surface area contributed by atoms with Gasteiger partial charge in [0.1, 0.15) is 0 Å². The second-order valence-electron chi connectivity index (χ2n) is 6.64.